The summed E-state index contributed by atoms with van der Waals surface area (Å²) in [6, 6.07) is 9.57. The number of sulfone groups is 1. The molecule has 2 fully saturated rings. The molecule has 6 heteroatoms. The van der Waals surface area contributed by atoms with Crippen molar-refractivity contribution in [2.24, 2.45) is 0 Å². The van der Waals surface area contributed by atoms with E-state index >= 15 is 0 Å². The fourth-order valence-corrected chi connectivity index (χ4v) is 5.04. The first-order chi connectivity index (χ1) is 11.5. The molecule has 4 rings (SSSR count). The predicted molar refractivity (Wildman–Crippen MR) is 92.2 cm³/mol. The molecule has 0 N–H and O–H groups in total. The number of carbonyl (C=O) groups is 1. The molecule has 5 nitrogen and oxygen atoms in total. The van der Waals surface area contributed by atoms with Crippen LogP contribution in [-0.4, -0.2) is 42.8 Å². The third-order valence-electron chi connectivity index (χ3n) is 4.63. The van der Waals surface area contributed by atoms with Crippen LogP contribution in [0.3, 0.4) is 0 Å². The van der Waals surface area contributed by atoms with Crippen LogP contribution in [0, 0.1) is 0 Å². The Hall–Kier alpha value is -2.08. The summed E-state index contributed by atoms with van der Waals surface area (Å²) in [5.41, 5.74) is 0.783. The summed E-state index contributed by atoms with van der Waals surface area (Å²) in [4.78, 5) is 14.4. The van der Waals surface area contributed by atoms with Crippen molar-refractivity contribution in [1.82, 2.24) is 4.90 Å². The number of nitrogens with zero attached hydrogens (tertiary/aromatic N) is 1. The van der Waals surface area contributed by atoms with Crippen molar-refractivity contribution in [3.8, 4) is 0 Å². The molecule has 0 spiro atoms. The molecule has 1 atom stereocenters. The Bertz CT molecular complexity index is 875. The number of furan rings is 1. The number of benzene rings is 1. The highest BCUT2D eigenvalue weighted by molar-refractivity contribution is 7.91. The molecule has 1 amide bonds. The van der Waals surface area contributed by atoms with E-state index in [2.05, 4.69) is 0 Å². The molecule has 1 aromatic carbocycles. The topological polar surface area (TPSA) is 67.6 Å². The second-order valence-corrected chi connectivity index (χ2v) is 8.78. The maximum absolute atomic E-state index is 12.6. The fraction of sp³-hybridized carbons (Fsp3) is 0.389. The van der Waals surface area contributed by atoms with Crippen molar-refractivity contribution in [2.45, 2.75) is 31.3 Å². The van der Waals surface area contributed by atoms with E-state index in [0.29, 0.717) is 12.2 Å². The van der Waals surface area contributed by atoms with Crippen LogP contribution >= 0.6 is 0 Å². The van der Waals surface area contributed by atoms with Gasteiger partial charge in [0, 0.05) is 23.5 Å². The van der Waals surface area contributed by atoms with Gasteiger partial charge < -0.3 is 9.32 Å². The zero-order chi connectivity index (χ0) is 16.7. The molecule has 0 radical (unpaired) electrons. The van der Waals surface area contributed by atoms with Gasteiger partial charge in [-0.05, 0) is 37.5 Å². The second kappa shape index (κ2) is 5.77. The van der Waals surface area contributed by atoms with Crippen LogP contribution in [0.1, 0.15) is 25.0 Å². The lowest BCUT2D eigenvalue weighted by atomic mass is 10.2. The van der Waals surface area contributed by atoms with Crippen LogP contribution in [0.15, 0.2) is 40.8 Å². The zero-order valence-electron chi connectivity index (χ0n) is 13.2. The molecule has 1 saturated heterocycles. The Balaban J connectivity index is 1.52. The number of amides is 1. The van der Waals surface area contributed by atoms with E-state index in [-0.39, 0.29) is 29.5 Å². The minimum atomic E-state index is -3.00. The maximum atomic E-state index is 12.6. The average molecular weight is 345 g/mol. The number of hydrogen-bond donors (Lipinski definition) is 0. The van der Waals surface area contributed by atoms with Crippen molar-refractivity contribution in [3.05, 3.63) is 42.2 Å². The zero-order valence-corrected chi connectivity index (χ0v) is 14.0. The second-order valence-electron chi connectivity index (χ2n) is 6.55. The Morgan fingerprint density at radius 1 is 1.17 bits per heavy atom. The normalized spacial score (nSPS) is 23.1. The van der Waals surface area contributed by atoms with Gasteiger partial charge in [-0.25, -0.2) is 8.42 Å². The first-order valence-electron chi connectivity index (χ1n) is 8.21. The number of fused-ring (bicyclic) bond motifs is 1. The highest BCUT2D eigenvalue weighted by Crippen LogP contribution is 2.32. The average Bonchev–Trinajstić information content (AvgIpc) is 3.17. The van der Waals surface area contributed by atoms with Crippen LogP contribution in [0.2, 0.25) is 0 Å². The third kappa shape index (κ3) is 3.11. The Labute approximate surface area is 140 Å². The minimum absolute atomic E-state index is 0.0910. The molecule has 24 heavy (non-hydrogen) atoms. The van der Waals surface area contributed by atoms with Gasteiger partial charge in [0.15, 0.2) is 9.84 Å². The fourth-order valence-electron chi connectivity index (χ4n) is 3.33. The van der Waals surface area contributed by atoms with Gasteiger partial charge in [0.25, 0.3) is 0 Å². The van der Waals surface area contributed by atoms with E-state index in [4.69, 9.17) is 4.42 Å². The van der Waals surface area contributed by atoms with Gasteiger partial charge in [0.2, 0.25) is 5.91 Å². The van der Waals surface area contributed by atoms with Gasteiger partial charge >= 0.3 is 0 Å². The van der Waals surface area contributed by atoms with Gasteiger partial charge in [-0.15, -0.1) is 0 Å². The highest BCUT2D eigenvalue weighted by atomic mass is 32.2. The minimum Gasteiger partial charge on any atom is -0.457 e. The molecule has 2 aromatic rings. The lowest BCUT2D eigenvalue weighted by molar-refractivity contribution is -0.128. The molecule has 1 aliphatic carbocycles. The van der Waals surface area contributed by atoms with Crippen molar-refractivity contribution in [1.29, 1.82) is 0 Å². The molecule has 1 aliphatic heterocycles. The van der Waals surface area contributed by atoms with Crippen LogP contribution in [0.5, 0.6) is 0 Å². The SMILES string of the molecule is O=C(/C=C/c1cc2ccccc2o1)N(C1CC1)C1CCS(=O)(=O)C1. The molecular formula is C18H19NO4S. The molecule has 1 aromatic heterocycles. The Kier molecular flexibility index (Phi) is 3.72. The van der Waals surface area contributed by atoms with Gasteiger partial charge in [0.05, 0.1) is 11.5 Å². The molecule has 2 aliphatic rings. The van der Waals surface area contributed by atoms with Gasteiger partial charge in [-0.3, -0.25) is 4.79 Å². The summed E-state index contributed by atoms with van der Waals surface area (Å²) >= 11 is 0. The van der Waals surface area contributed by atoms with E-state index in [1.807, 2.05) is 30.3 Å². The number of rotatable bonds is 4. The third-order valence-corrected chi connectivity index (χ3v) is 6.38. The number of para-hydroxylation sites is 1. The first-order valence-corrected chi connectivity index (χ1v) is 10.0. The van der Waals surface area contributed by atoms with Crippen LogP contribution in [0.25, 0.3) is 17.0 Å². The lowest BCUT2D eigenvalue weighted by Crippen LogP contribution is -2.41. The van der Waals surface area contributed by atoms with Crippen molar-refractivity contribution < 1.29 is 17.6 Å². The van der Waals surface area contributed by atoms with E-state index in [0.717, 1.165) is 23.8 Å². The molecule has 0 bridgehead atoms. The lowest BCUT2D eigenvalue weighted by Gasteiger charge is -2.27. The van der Waals surface area contributed by atoms with Crippen molar-refractivity contribution in [2.75, 3.05) is 11.5 Å². The molecule has 1 unspecified atom stereocenters. The Morgan fingerprint density at radius 2 is 1.96 bits per heavy atom. The van der Waals surface area contributed by atoms with Crippen molar-refractivity contribution in [3.63, 3.8) is 0 Å². The summed E-state index contributed by atoms with van der Waals surface area (Å²) in [5, 5.41) is 0.991. The summed E-state index contributed by atoms with van der Waals surface area (Å²) in [5.74, 6) is 0.772. The first kappa shape index (κ1) is 15.4. The van der Waals surface area contributed by atoms with Gasteiger partial charge in [0.1, 0.15) is 11.3 Å². The molecule has 126 valence electrons. The van der Waals surface area contributed by atoms with E-state index in [1.165, 1.54) is 6.08 Å². The van der Waals surface area contributed by atoms with Gasteiger partial charge in [-0.1, -0.05) is 18.2 Å². The van der Waals surface area contributed by atoms with Crippen LogP contribution in [-0.2, 0) is 14.6 Å². The quantitative estimate of drug-likeness (QED) is 0.799. The van der Waals surface area contributed by atoms with Crippen molar-refractivity contribution >= 4 is 32.8 Å². The summed E-state index contributed by atoms with van der Waals surface area (Å²) < 4.78 is 29.1. The van der Waals surface area contributed by atoms with E-state index in [9.17, 15) is 13.2 Å². The monoisotopic (exact) mass is 345 g/mol. The van der Waals surface area contributed by atoms with Crippen LogP contribution < -0.4 is 0 Å². The highest BCUT2D eigenvalue weighted by Gasteiger charge is 2.41. The summed E-state index contributed by atoms with van der Waals surface area (Å²) in [6.07, 6.45) is 5.63. The van der Waals surface area contributed by atoms with E-state index < -0.39 is 9.84 Å². The standard InChI is InChI=1S/C18H19NO4S/c20-18(8-7-16-11-13-3-1-2-4-17(13)23-16)19(14-5-6-14)15-9-10-24(21,22)12-15/h1-4,7-8,11,14-15H,5-6,9-10,12H2/b8-7+. The molecule has 2 heterocycles. The smallest absolute Gasteiger partial charge is 0.247 e. The molecular weight excluding hydrogens is 326 g/mol. The van der Waals surface area contributed by atoms with Crippen LogP contribution in [0.4, 0.5) is 0 Å². The number of carbonyl (C=O) groups excluding carboxylic acids is 1. The summed E-state index contributed by atoms with van der Waals surface area (Å²) in [6.45, 7) is 0. The predicted octanol–water partition coefficient (Wildman–Crippen LogP) is 2.62. The number of hydrogen-bond acceptors (Lipinski definition) is 4. The largest absolute Gasteiger partial charge is 0.457 e. The van der Waals surface area contributed by atoms with Gasteiger partial charge in [-0.2, -0.15) is 0 Å². The summed E-state index contributed by atoms with van der Waals surface area (Å²) in [7, 11) is -3.00. The Morgan fingerprint density at radius 3 is 2.62 bits per heavy atom. The maximum Gasteiger partial charge on any atom is 0.247 e. The molecule has 1 saturated carbocycles. The van der Waals surface area contributed by atoms with E-state index in [1.54, 1.807) is 11.0 Å².